The summed E-state index contributed by atoms with van der Waals surface area (Å²) in [5.74, 6) is 0.729. The van der Waals surface area contributed by atoms with Gasteiger partial charge in [0.1, 0.15) is 0 Å². The number of nitrogens with one attached hydrogen (secondary N) is 1. The Hall–Kier alpha value is -5.38. The Labute approximate surface area is 334 Å². The highest BCUT2D eigenvalue weighted by atomic mass is 35.5. The van der Waals surface area contributed by atoms with Gasteiger partial charge >= 0.3 is 17.1 Å². The molecule has 22 heteroatoms. The van der Waals surface area contributed by atoms with Gasteiger partial charge in [0.15, 0.2) is 33.5 Å². The van der Waals surface area contributed by atoms with Crippen LogP contribution in [0.25, 0.3) is 33.5 Å². The smallest absolute Gasteiger partial charge is 0.332 e. The quantitative estimate of drug-likeness (QED) is 0.210. The van der Waals surface area contributed by atoms with Crippen molar-refractivity contribution in [3.05, 3.63) is 81.5 Å². The van der Waals surface area contributed by atoms with E-state index in [1.54, 1.807) is 68.6 Å². The van der Waals surface area contributed by atoms with E-state index < -0.39 is 11.2 Å². The van der Waals surface area contributed by atoms with Gasteiger partial charge in [-0.2, -0.15) is 0 Å². The predicted molar refractivity (Wildman–Crippen MR) is 215 cm³/mol. The second-order valence-corrected chi connectivity index (χ2v) is 16.7. The van der Waals surface area contributed by atoms with E-state index in [4.69, 9.17) is 25.8 Å². The number of aryl methyl sites for hydroxylation is 6. The molecular weight excluding hydrogens is 780 g/mol. The SMILES string of the molecule is CC1(CCl)COC1.Cn1cnc2c1c(=O)[nH]c(=O)n2C.Cn1cnc2c1c(=O)n(CC1(C)COC1)c(=O)n2C.Cn1cnc2c1c(=O)n(CC1(C)COC1)c(=O)n2C. The van der Waals surface area contributed by atoms with Crippen LogP contribution in [0.3, 0.4) is 0 Å². The molecule has 0 unspecified atom stereocenters. The molecule has 314 valence electrons. The van der Waals surface area contributed by atoms with E-state index in [0.717, 1.165) is 19.1 Å². The number of aromatic nitrogens is 12. The number of halogens is 1. The van der Waals surface area contributed by atoms with Crippen molar-refractivity contribution in [2.24, 2.45) is 58.5 Å². The Balaban J connectivity index is 0.000000137. The monoisotopic (exact) mass is 828 g/mol. The first-order valence-electron chi connectivity index (χ1n) is 18.3. The van der Waals surface area contributed by atoms with Crippen LogP contribution in [-0.2, 0) is 69.6 Å². The molecule has 0 bridgehead atoms. The summed E-state index contributed by atoms with van der Waals surface area (Å²) in [6.07, 6.45) is 4.59. The number of imidazole rings is 3. The minimum Gasteiger partial charge on any atom is -0.380 e. The lowest BCUT2D eigenvalue weighted by Crippen LogP contribution is -2.50. The number of fused-ring (bicyclic) bond motifs is 3. The van der Waals surface area contributed by atoms with Crippen molar-refractivity contribution in [3.8, 4) is 0 Å². The van der Waals surface area contributed by atoms with E-state index in [9.17, 15) is 28.8 Å². The first-order valence-corrected chi connectivity index (χ1v) is 18.9. The molecule has 0 spiro atoms. The van der Waals surface area contributed by atoms with Gasteiger partial charge < -0.3 is 27.9 Å². The maximum atomic E-state index is 12.4. The number of nitrogens with zero attached hydrogens (tertiary/aromatic N) is 11. The Morgan fingerprint density at radius 3 is 1.22 bits per heavy atom. The zero-order valence-corrected chi connectivity index (χ0v) is 34.8. The summed E-state index contributed by atoms with van der Waals surface area (Å²) >= 11 is 5.56. The Bertz CT molecular complexity index is 2740. The second-order valence-electron chi connectivity index (χ2n) is 16.4. The summed E-state index contributed by atoms with van der Waals surface area (Å²) in [6, 6.07) is 0. The third kappa shape index (κ3) is 7.77. The van der Waals surface area contributed by atoms with Gasteiger partial charge in [-0.3, -0.25) is 42.2 Å². The van der Waals surface area contributed by atoms with E-state index >= 15 is 0 Å². The molecule has 9 heterocycles. The molecule has 21 nitrogen and oxygen atoms in total. The topological polar surface area (TPSA) is 224 Å². The molecule has 0 amide bonds. The van der Waals surface area contributed by atoms with E-state index in [1.807, 2.05) is 13.8 Å². The van der Waals surface area contributed by atoms with Crippen molar-refractivity contribution in [1.29, 1.82) is 0 Å². The fourth-order valence-electron chi connectivity index (χ4n) is 6.71. The molecule has 3 fully saturated rings. The van der Waals surface area contributed by atoms with Gasteiger partial charge in [0, 0.05) is 77.5 Å². The highest BCUT2D eigenvalue weighted by Gasteiger charge is 2.36. The molecule has 9 rings (SSSR count). The van der Waals surface area contributed by atoms with Crippen molar-refractivity contribution in [2.45, 2.75) is 33.9 Å². The molecule has 0 atom stereocenters. The molecule has 58 heavy (non-hydrogen) atoms. The van der Waals surface area contributed by atoms with Crippen LogP contribution in [0.1, 0.15) is 20.8 Å². The van der Waals surface area contributed by atoms with Crippen LogP contribution in [0, 0.1) is 16.2 Å². The maximum Gasteiger partial charge on any atom is 0.332 e. The third-order valence-corrected chi connectivity index (χ3v) is 11.1. The molecule has 0 radical (unpaired) electrons. The van der Waals surface area contributed by atoms with Crippen LogP contribution in [0.4, 0.5) is 0 Å². The van der Waals surface area contributed by atoms with Gasteiger partial charge in [0.2, 0.25) is 0 Å². The van der Waals surface area contributed by atoms with E-state index in [0.29, 0.717) is 78.4 Å². The van der Waals surface area contributed by atoms with Crippen LogP contribution >= 0.6 is 11.6 Å². The van der Waals surface area contributed by atoms with Gasteiger partial charge in [-0.25, -0.2) is 29.3 Å². The lowest BCUT2D eigenvalue weighted by molar-refractivity contribution is -0.111. The first-order chi connectivity index (χ1) is 27.2. The highest BCUT2D eigenvalue weighted by molar-refractivity contribution is 6.18. The van der Waals surface area contributed by atoms with E-state index in [1.165, 1.54) is 29.2 Å². The van der Waals surface area contributed by atoms with Crippen molar-refractivity contribution < 1.29 is 14.2 Å². The van der Waals surface area contributed by atoms with Crippen LogP contribution in [0.2, 0.25) is 0 Å². The van der Waals surface area contributed by atoms with Crippen molar-refractivity contribution in [2.75, 3.05) is 45.5 Å². The van der Waals surface area contributed by atoms with E-state index in [-0.39, 0.29) is 33.3 Å². The van der Waals surface area contributed by atoms with Crippen LogP contribution in [0.5, 0.6) is 0 Å². The minimum absolute atomic E-state index is 0.137. The Kier molecular flexibility index (Phi) is 11.5. The third-order valence-electron chi connectivity index (χ3n) is 10.5. The van der Waals surface area contributed by atoms with Gasteiger partial charge in [-0.1, -0.05) is 20.8 Å². The van der Waals surface area contributed by atoms with Gasteiger partial charge in [0.25, 0.3) is 16.7 Å². The fourth-order valence-corrected chi connectivity index (χ4v) is 6.86. The molecule has 1 N–H and O–H groups in total. The highest BCUT2D eigenvalue weighted by Crippen LogP contribution is 2.29. The molecular formula is C36H49ClN12O9. The average molecular weight is 829 g/mol. The Morgan fingerprint density at radius 1 is 0.569 bits per heavy atom. The summed E-state index contributed by atoms with van der Waals surface area (Å²) < 4.78 is 26.9. The van der Waals surface area contributed by atoms with Gasteiger partial charge in [0.05, 0.1) is 58.6 Å². The molecule has 3 aliphatic rings. The number of rotatable bonds is 5. The van der Waals surface area contributed by atoms with E-state index in [2.05, 4.69) is 26.9 Å². The average Bonchev–Trinajstić information content (AvgIpc) is 3.87. The number of hydrogen-bond acceptors (Lipinski definition) is 12. The number of aromatic amines is 1. The van der Waals surface area contributed by atoms with Crippen LogP contribution < -0.4 is 33.7 Å². The zero-order chi connectivity index (χ0) is 42.5. The maximum absolute atomic E-state index is 12.4. The lowest BCUT2D eigenvalue weighted by atomic mass is 9.88. The Morgan fingerprint density at radius 2 is 0.914 bits per heavy atom. The van der Waals surface area contributed by atoms with Crippen molar-refractivity contribution >= 4 is 45.1 Å². The number of ether oxygens (including phenoxy) is 3. The summed E-state index contributed by atoms with van der Waals surface area (Å²) in [5.41, 5.74) is 0.495. The van der Waals surface area contributed by atoms with Gasteiger partial charge in [-0.15, -0.1) is 11.6 Å². The van der Waals surface area contributed by atoms with Crippen molar-refractivity contribution in [3.63, 3.8) is 0 Å². The molecule has 0 aliphatic carbocycles. The fraction of sp³-hybridized carbons (Fsp3) is 0.583. The van der Waals surface area contributed by atoms with Crippen LogP contribution in [-0.4, -0.2) is 102 Å². The summed E-state index contributed by atoms with van der Waals surface area (Å²) in [6.45, 7) is 10.9. The summed E-state index contributed by atoms with van der Waals surface area (Å²) in [7, 11) is 10.0. The lowest BCUT2D eigenvalue weighted by Gasteiger charge is -2.38. The largest absolute Gasteiger partial charge is 0.380 e. The first kappa shape index (κ1) is 42.2. The number of alkyl halides is 1. The standard InChI is InChI=1S/2C12H16N4O3.C7H8N4O2.C5H9ClO/c2*1-12(5-19-6-12)4-16-10(17)8-9(13-7-14(8)2)15(3)11(16)18;1-10-3-8-5-4(10)6(12)9-7(13)11(5)2;1-5(2-6)3-7-4-5/h2*7H,4-6H2,1-3H3;3H,1-2H3,(H,9,12,13);2-4H2,1H3. The summed E-state index contributed by atoms with van der Waals surface area (Å²) in [4.78, 5) is 86.2. The molecule has 0 aromatic carbocycles. The van der Waals surface area contributed by atoms with Crippen LogP contribution in [0.15, 0.2) is 47.7 Å². The molecule has 0 saturated carbocycles. The molecule has 6 aromatic rings. The second kappa shape index (κ2) is 15.8. The number of hydrogen-bond donors (Lipinski definition) is 1. The van der Waals surface area contributed by atoms with Crippen molar-refractivity contribution in [1.82, 2.24) is 56.5 Å². The minimum atomic E-state index is -0.448. The molecule has 3 saturated heterocycles. The predicted octanol–water partition coefficient (Wildman–Crippen LogP) is -0.838. The zero-order valence-electron chi connectivity index (χ0n) is 34.1. The normalized spacial score (nSPS) is 17.2. The number of H-pyrrole nitrogens is 1. The van der Waals surface area contributed by atoms with Gasteiger partial charge in [-0.05, 0) is 0 Å². The summed E-state index contributed by atoms with van der Waals surface area (Å²) in [5, 5.41) is 0. The molecule has 6 aromatic heterocycles. The molecule has 3 aliphatic heterocycles.